The highest BCUT2D eigenvalue weighted by Crippen LogP contribution is 2.23. The summed E-state index contributed by atoms with van der Waals surface area (Å²) < 4.78 is 4.97. The van der Waals surface area contributed by atoms with Crippen LogP contribution in [-0.4, -0.2) is 46.8 Å². The highest BCUT2D eigenvalue weighted by atomic mass is 35.5. The van der Waals surface area contributed by atoms with Gasteiger partial charge in [-0.2, -0.15) is 0 Å². The first kappa shape index (κ1) is 24.9. The van der Waals surface area contributed by atoms with Crippen molar-refractivity contribution in [2.75, 3.05) is 18.5 Å². The number of hydrogen-bond donors (Lipinski definition) is 2. The van der Waals surface area contributed by atoms with E-state index in [-0.39, 0.29) is 34.9 Å². The van der Waals surface area contributed by atoms with Gasteiger partial charge in [-0.25, -0.2) is 0 Å². The van der Waals surface area contributed by atoms with Gasteiger partial charge in [0.1, 0.15) is 0 Å². The molecule has 11 nitrogen and oxygen atoms in total. The molecule has 178 valence electrons. The van der Waals surface area contributed by atoms with Crippen molar-refractivity contribution >= 4 is 58.3 Å². The Labute approximate surface area is 203 Å². The highest BCUT2D eigenvalue weighted by molar-refractivity contribution is 6.36. The maximum atomic E-state index is 12.4. The van der Waals surface area contributed by atoms with Crippen molar-refractivity contribution in [3.63, 3.8) is 0 Å². The topological polar surface area (TPSA) is 148 Å². The Kier molecular flexibility index (Phi) is 7.69. The number of esters is 1. The van der Waals surface area contributed by atoms with Gasteiger partial charge in [0, 0.05) is 28.8 Å². The molecule has 13 heteroatoms. The predicted molar refractivity (Wildman–Crippen MR) is 121 cm³/mol. The number of aryl methyl sites for hydroxylation is 1. The molecule has 0 bridgehead atoms. The monoisotopic (exact) mass is 508 g/mol. The number of amides is 3. The van der Waals surface area contributed by atoms with Crippen molar-refractivity contribution in [3.05, 3.63) is 67.7 Å². The first-order valence-corrected chi connectivity index (χ1v) is 10.6. The number of ether oxygens (including phenoxy) is 1. The van der Waals surface area contributed by atoms with Gasteiger partial charge in [0.15, 0.2) is 6.61 Å². The van der Waals surface area contributed by atoms with Gasteiger partial charge < -0.3 is 10.1 Å². The Morgan fingerprint density at radius 3 is 2.62 bits per heavy atom. The van der Waals surface area contributed by atoms with Crippen LogP contribution in [0, 0.1) is 23.0 Å². The van der Waals surface area contributed by atoms with E-state index in [1.165, 1.54) is 36.4 Å². The zero-order valence-electron chi connectivity index (χ0n) is 17.7. The van der Waals surface area contributed by atoms with Crippen LogP contribution >= 0.6 is 23.2 Å². The fourth-order valence-corrected chi connectivity index (χ4v) is 3.66. The summed E-state index contributed by atoms with van der Waals surface area (Å²) in [5.74, 6) is -3.59. The molecule has 2 aromatic rings. The minimum Gasteiger partial charge on any atom is -0.455 e. The molecule has 0 aliphatic carbocycles. The van der Waals surface area contributed by atoms with Crippen molar-refractivity contribution < 1.29 is 28.8 Å². The smallest absolute Gasteiger partial charge is 0.311 e. The Hall–Kier alpha value is -3.70. The fraction of sp³-hybridized carbons (Fsp3) is 0.238. The van der Waals surface area contributed by atoms with Crippen LogP contribution in [0.3, 0.4) is 0 Å². The van der Waals surface area contributed by atoms with E-state index in [1.807, 2.05) is 0 Å². The lowest BCUT2D eigenvalue weighted by Crippen LogP contribution is -2.43. The number of nitrogens with one attached hydrogen (secondary N) is 2. The van der Waals surface area contributed by atoms with Crippen molar-refractivity contribution in [2.45, 2.75) is 13.3 Å². The first-order valence-electron chi connectivity index (χ1n) is 9.83. The summed E-state index contributed by atoms with van der Waals surface area (Å²) in [6, 6.07) is 8.39. The summed E-state index contributed by atoms with van der Waals surface area (Å²) in [4.78, 5) is 59.4. The van der Waals surface area contributed by atoms with E-state index >= 15 is 0 Å². The number of hydrazine groups is 1. The molecule has 2 N–H and O–H groups in total. The van der Waals surface area contributed by atoms with Crippen LogP contribution in [-0.2, 0) is 19.1 Å². The fourth-order valence-electron chi connectivity index (χ4n) is 3.17. The van der Waals surface area contributed by atoms with Gasteiger partial charge in [0.05, 0.1) is 28.0 Å². The van der Waals surface area contributed by atoms with Gasteiger partial charge in [-0.3, -0.25) is 39.7 Å². The minimum absolute atomic E-state index is 0.0949. The lowest BCUT2D eigenvalue weighted by Gasteiger charge is -2.18. The summed E-state index contributed by atoms with van der Waals surface area (Å²) in [5, 5.41) is 14.8. The standard InChI is InChI=1S/C21H18Cl2N4O7/c1-11-2-4-14(8-17(11)27(32)33)24-18(28)10-34-21(31)12-6-19(29)26(9-12)25-20(30)15-5-3-13(22)7-16(15)23/h2-5,7-8,12H,6,9-10H2,1H3,(H,24,28)(H,25,30)/t12-/m1/s1. The first-order chi connectivity index (χ1) is 16.0. The lowest BCUT2D eigenvalue weighted by molar-refractivity contribution is -0.385. The Bertz CT molecular complexity index is 1190. The number of carbonyl (C=O) groups excluding carboxylic acids is 4. The summed E-state index contributed by atoms with van der Waals surface area (Å²) in [7, 11) is 0. The number of hydrogen-bond acceptors (Lipinski definition) is 7. The van der Waals surface area contributed by atoms with E-state index in [9.17, 15) is 29.3 Å². The number of halogens is 2. The molecule has 0 unspecified atom stereocenters. The molecule has 2 aromatic carbocycles. The molecule has 1 fully saturated rings. The second kappa shape index (κ2) is 10.5. The van der Waals surface area contributed by atoms with E-state index in [0.29, 0.717) is 10.6 Å². The van der Waals surface area contributed by atoms with Gasteiger partial charge >= 0.3 is 5.97 Å². The van der Waals surface area contributed by atoms with E-state index < -0.39 is 41.1 Å². The van der Waals surface area contributed by atoms with Crippen molar-refractivity contribution in [1.82, 2.24) is 10.4 Å². The molecule has 1 atom stereocenters. The molecule has 1 aliphatic heterocycles. The highest BCUT2D eigenvalue weighted by Gasteiger charge is 2.37. The molecule has 0 aromatic heterocycles. The summed E-state index contributed by atoms with van der Waals surface area (Å²) in [5.41, 5.74) is 2.91. The van der Waals surface area contributed by atoms with Gasteiger partial charge in [-0.15, -0.1) is 0 Å². The van der Waals surface area contributed by atoms with E-state index in [1.54, 1.807) is 6.92 Å². The Morgan fingerprint density at radius 1 is 1.21 bits per heavy atom. The van der Waals surface area contributed by atoms with Crippen LogP contribution < -0.4 is 10.7 Å². The average molecular weight is 509 g/mol. The molecule has 34 heavy (non-hydrogen) atoms. The molecule has 3 rings (SSSR count). The summed E-state index contributed by atoms with van der Waals surface area (Å²) in [6.07, 6.45) is -0.223. The van der Waals surface area contributed by atoms with Crippen LogP contribution in [0.15, 0.2) is 36.4 Å². The number of nitro benzene ring substituents is 1. The third-order valence-corrected chi connectivity index (χ3v) is 5.45. The third kappa shape index (κ3) is 6.00. The maximum Gasteiger partial charge on any atom is 0.311 e. The van der Waals surface area contributed by atoms with Crippen LogP contribution in [0.25, 0.3) is 0 Å². The Morgan fingerprint density at radius 2 is 1.94 bits per heavy atom. The van der Waals surface area contributed by atoms with Crippen molar-refractivity contribution in [3.8, 4) is 0 Å². The van der Waals surface area contributed by atoms with E-state index in [2.05, 4.69) is 10.7 Å². The molecule has 0 saturated carbocycles. The van der Waals surface area contributed by atoms with Gasteiger partial charge in [0.25, 0.3) is 17.5 Å². The van der Waals surface area contributed by atoms with E-state index in [4.69, 9.17) is 27.9 Å². The average Bonchev–Trinajstić information content (AvgIpc) is 3.13. The predicted octanol–water partition coefficient (Wildman–Crippen LogP) is 2.89. The third-order valence-electron chi connectivity index (χ3n) is 4.91. The summed E-state index contributed by atoms with van der Waals surface area (Å²) in [6.45, 7) is 0.752. The Balaban J connectivity index is 1.51. The van der Waals surface area contributed by atoms with Gasteiger partial charge in [-0.1, -0.05) is 29.3 Å². The van der Waals surface area contributed by atoms with Crippen LogP contribution in [0.2, 0.25) is 10.0 Å². The number of carbonyl (C=O) groups is 4. The van der Waals surface area contributed by atoms with Crippen LogP contribution in [0.1, 0.15) is 22.3 Å². The maximum absolute atomic E-state index is 12.4. The van der Waals surface area contributed by atoms with Gasteiger partial charge in [-0.05, 0) is 31.2 Å². The van der Waals surface area contributed by atoms with Gasteiger partial charge in [0.2, 0.25) is 5.91 Å². The quantitative estimate of drug-likeness (QED) is 0.331. The summed E-state index contributed by atoms with van der Waals surface area (Å²) >= 11 is 11.8. The number of nitrogens with zero attached hydrogens (tertiary/aromatic N) is 2. The number of anilines is 1. The zero-order valence-corrected chi connectivity index (χ0v) is 19.2. The molecule has 0 radical (unpaired) electrons. The number of nitro groups is 1. The molecular formula is C21H18Cl2N4O7. The molecular weight excluding hydrogens is 491 g/mol. The minimum atomic E-state index is -0.901. The molecule has 0 spiro atoms. The van der Waals surface area contributed by atoms with Crippen LogP contribution in [0.4, 0.5) is 11.4 Å². The van der Waals surface area contributed by atoms with Crippen LogP contribution in [0.5, 0.6) is 0 Å². The van der Waals surface area contributed by atoms with E-state index in [0.717, 1.165) is 5.01 Å². The molecule has 3 amide bonds. The number of benzene rings is 2. The zero-order chi connectivity index (χ0) is 25.0. The normalized spacial score (nSPS) is 15.1. The lowest BCUT2D eigenvalue weighted by atomic mass is 10.1. The number of rotatable bonds is 7. The second-order valence-electron chi connectivity index (χ2n) is 7.38. The van der Waals surface area contributed by atoms with Crippen molar-refractivity contribution in [2.24, 2.45) is 5.92 Å². The molecule has 1 heterocycles. The second-order valence-corrected chi connectivity index (χ2v) is 8.23. The SMILES string of the molecule is Cc1ccc(NC(=O)COC(=O)[C@@H]2CC(=O)N(NC(=O)c3ccc(Cl)cc3Cl)C2)cc1[N+](=O)[O-]. The molecule has 1 saturated heterocycles. The molecule has 1 aliphatic rings. The van der Waals surface area contributed by atoms with Crippen molar-refractivity contribution in [1.29, 1.82) is 0 Å². The largest absolute Gasteiger partial charge is 0.455 e.